The van der Waals surface area contributed by atoms with Crippen LogP contribution in [-0.4, -0.2) is 27.0 Å². The molecule has 0 unspecified atom stereocenters. The van der Waals surface area contributed by atoms with Crippen LogP contribution in [0.1, 0.15) is 5.69 Å². The lowest BCUT2D eigenvalue weighted by atomic mass is 10.2. The maximum Gasteiger partial charge on any atom is 0.176 e. The van der Waals surface area contributed by atoms with Crippen LogP contribution in [0.15, 0.2) is 48.8 Å². The van der Waals surface area contributed by atoms with Gasteiger partial charge in [0.1, 0.15) is 11.4 Å². The summed E-state index contributed by atoms with van der Waals surface area (Å²) in [6, 6.07) is 11.1. The second-order valence-electron chi connectivity index (χ2n) is 4.65. The minimum atomic E-state index is 0.494. The van der Waals surface area contributed by atoms with E-state index in [1.54, 1.807) is 19.5 Å². The van der Waals surface area contributed by atoms with Gasteiger partial charge in [0.15, 0.2) is 5.82 Å². The van der Waals surface area contributed by atoms with Crippen LogP contribution in [0.5, 0.6) is 5.75 Å². The number of imidazole rings is 1. The van der Waals surface area contributed by atoms with E-state index in [0.29, 0.717) is 11.5 Å². The lowest BCUT2D eigenvalue weighted by Crippen LogP contribution is -1.97. The van der Waals surface area contributed by atoms with E-state index in [9.17, 15) is 5.21 Å². The van der Waals surface area contributed by atoms with Crippen LogP contribution in [0.4, 0.5) is 0 Å². The summed E-state index contributed by atoms with van der Waals surface area (Å²) in [5.41, 5.74) is 3.03. The van der Waals surface area contributed by atoms with Crippen molar-refractivity contribution in [2.45, 2.75) is 6.92 Å². The number of pyridine rings is 1. The lowest BCUT2D eigenvalue weighted by Gasteiger charge is -2.05. The number of benzene rings is 1. The molecule has 0 fully saturated rings. The fraction of sp³-hybridized carbons (Fsp3) is 0.125. The van der Waals surface area contributed by atoms with E-state index in [-0.39, 0.29) is 0 Å². The van der Waals surface area contributed by atoms with Gasteiger partial charge in [0.05, 0.1) is 12.8 Å². The molecule has 21 heavy (non-hydrogen) atoms. The fourth-order valence-electron chi connectivity index (χ4n) is 2.28. The normalized spacial score (nSPS) is 10.6. The Morgan fingerprint density at radius 1 is 1.10 bits per heavy atom. The van der Waals surface area contributed by atoms with Crippen molar-refractivity contribution in [3.63, 3.8) is 0 Å². The zero-order chi connectivity index (χ0) is 14.8. The summed E-state index contributed by atoms with van der Waals surface area (Å²) in [6.45, 7) is 1.86. The molecule has 2 aromatic heterocycles. The molecule has 0 atom stereocenters. The Morgan fingerprint density at radius 2 is 1.86 bits per heavy atom. The van der Waals surface area contributed by atoms with Crippen LogP contribution >= 0.6 is 0 Å². The van der Waals surface area contributed by atoms with Crippen LogP contribution in [0.3, 0.4) is 0 Å². The smallest absolute Gasteiger partial charge is 0.176 e. The van der Waals surface area contributed by atoms with Crippen molar-refractivity contribution < 1.29 is 9.94 Å². The molecular formula is C16H15N3O2. The average molecular weight is 281 g/mol. The lowest BCUT2D eigenvalue weighted by molar-refractivity contribution is 0.195. The summed E-state index contributed by atoms with van der Waals surface area (Å²) in [6.07, 6.45) is 3.40. The van der Waals surface area contributed by atoms with Gasteiger partial charge in [-0.1, -0.05) is 0 Å². The molecule has 0 bridgehead atoms. The summed E-state index contributed by atoms with van der Waals surface area (Å²) in [7, 11) is 1.62. The maximum atomic E-state index is 10.4. The van der Waals surface area contributed by atoms with Crippen molar-refractivity contribution in [1.29, 1.82) is 0 Å². The Labute approximate surface area is 122 Å². The maximum absolute atomic E-state index is 10.4. The van der Waals surface area contributed by atoms with Gasteiger partial charge >= 0.3 is 0 Å². The highest BCUT2D eigenvalue weighted by Crippen LogP contribution is 2.28. The van der Waals surface area contributed by atoms with Crippen molar-refractivity contribution in [3.05, 3.63) is 54.5 Å². The van der Waals surface area contributed by atoms with Crippen molar-refractivity contribution in [2.75, 3.05) is 7.11 Å². The Hall–Kier alpha value is -2.82. The van der Waals surface area contributed by atoms with Crippen LogP contribution in [0, 0.1) is 6.92 Å². The molecule has 0 spiro atoms. The molecule has 2 heterocycles. The van der Waals surface area contributed by atoms with Gasteiger partial charge in [-0.2, -0.15) is 4.73 Å². The van der Waals surface area contributed by atoms with Gasteiger partial charge in [-0.25, -0.2) is 4.98 Å². The molecule has 5 heteroatoms. The van der Waals surface area contributed by atoms with Gasteiger partial charge < -0.3 is 9.94 Å². The molecule has 0 aliphatic rings. The predicted octanol–water partition coefficient (Wildman–Crippen LogP) is 3.17. The second-order valence-corrected chi connectivity index (χ2v) is 4.65. The molecule has 0 aliphatic carbocycles. The highest BCUT2D eigenvalue weighted by atomic mass is 16.5. The van der Waals surface area contributed by atoms with Crippen LogP contribution < -0.4 is 4.74 Å². The van der Waals surface area contributed by atoms with Crippen molar-refractivity contribution >= 4 is 0 Å². The predicted molar refractivity (Wildman–Crippen MR) is 79.4 cm³/mol. The highest BCUT2D eigenvalue weighted by Gasteiger charge is 2.17. The van der Waals surface area contributed by atoms with E-state index in [0.717, 1.165) is 27.3 Å². The largest absolute Gasteiger partial charge is 0.497 e. The molecular weight excluding hydrogens is 266 g/mol. The molecule has 1 N–H and O–H groups in total. The molecule has 0 aliphatic heterocycles. The van der Waals surface area contributed by atoms with Gasteiger partial charge in [-0.15, -0.1) is 0 Å². The summed E-state index contributed by atoms with van der Waals surface area (Å²) in [4.78, 5) is 8.54. The molecule has 0 amide bonds. The number of rotatable bonds is 3. The monoisotopic (exact) mass is 281 g/mol. The van der Waals surface area contributed by atoms with E-state index in [1.165, 1.54) is 0 Å². The number of methoxy groups -OCH3 is 1. The first kappa shape index (κ1) is 13.2. The first-order valence-corrected chi connectivity index (χ1v) is 6.54. The summed E-state index contributed by atoms with van der Waals surface area (Å²) < 4.78 is 6.24. The third-order valence-corrected chi connectivity index (χ3v) is 3.31. The topological polar surface area (TPSA) is 60.2 Å². The fourth-order valence-corrected chi connectivity index (χ4v) is 2.28. The van der Waals surface area contributed by atoms with Crippen molar-refractivity contribution in [3.8, 4) is 28.4 Å². The molecule has 0 saturated heterocycles. The summed E-state index contributed by atoms with van der Waals surface area (Å²) >= 11 is 0. The molecule has 3 rings (SSSR count). The molecule has 5 nitrogen and oxygen atoms in total. The Balaban J connectivity index is 2.09. The zero-order valence-corrected chi connectivity index (χ0v) is 11.8. The first-order chi connectivity index (χ1) is 10.2. The van der Waals surface area contributed by atoms with Gasteiger partial charge in [-0.3, -0.25) is 4.98 Å². The minimum Gasteiger partial charge on any atom is -0.497 e. The first-order valence-electron chi connectivity index (χ1n) is 6.54. The van der Waals surface area contributed by atoms with Gasteiger partial charge in [0, 0.05) is 23.5 Å². The zero-order valence-electron chi connectivity index (χ0n) is 11.8. The quantitative estimate of drug-likeness (QED) is 0.749. The standard InChI is InChI=1S/C16H15N3O2/c1-11-15(13-4-3-9-17-10-13)19(20)16(18-11)12-5-7-14(21-2)8-6-12/h3-10,20H,1-2H3. The number of hydrogen-bond acceptors (Lipinski definition) is 4. The van der Waals surface area contributed by atoms with Crippen molar-refractivity contribution in [2.24, 2.45) is 0 Å². The van der Waals surface area contributed by atoms with E-state index in [4.69, 9.17) is 4.74 Å². The molecule has 106 valence electrons. The van der Waals surface area contributed by atoms with E-state index >= 15 is 0 Å². The van der Waals surface area contributed by atoms with E-state index < -0.39 is 0 Å². The summed E-state index contributed by atoms with van der Waals surface area (Å²) in [5.74, 6) is 1.26. The van der Waals surface area contributed by atoms with Crippen LogP contribution in [0.2, 0.25) is 0 Å². The van der Waals surface area contributed by atoms with Crippen molar-refractivity contribution in [1.82, 2.24) is 14.7 Å². The number of nitrogens with zero attached hydrogens (tertiary/aromatic N) is 3. The number of ether oxygens (including phenoxy) is 1. The number of aryl methyl sites for hydroxylation is 1. The molecule has 3 aromatic rings. The molecule has 0 radical (unpaired) electrons. The average Bonchev–Trinajstić information content (AvgIpc) is 2.83. The third kappa shape index (κ3) is 2.33. The van der Waals surface area contributed by atoms with Gasteiger partial charge in [0.25, 0.3) is 0 Å². The summed E-state index contributed by atoms with van der Waals surface area (Å²) in [5, 5.41) is 10.4. The second kappa shape index (κ2) is 5.28. The highest BCUT2D eigenvalue weighted by molar-refractivity contribution is 5.67. The SMILES string of the molecule is COc1ccc(-c2nc(C)c(-c3cccnc3)n2O)cc1. The van der Waals surface area contributed by atoms with Gasteiger partial charge in [-0.05, 0) is 43.3 Å². The van der Waals surface area contributed by atoms with Crippen LogP contribution in [0.25, 0.3) is 22.6 Å². The Bertz CT molecular complexity index is 749. The number of aromatic nitrogens is 3. The molecule has 1 aromatic carbocycles. The Morgan fingerprint density at radius 3 is 2.48 bits per heavy atom. The Kier molecular flexibility index (Phi) is 3.31. The number of hydrogen-bond donors (Lipinski definition) is 1. The molecule has 0 saturated carbocycles. The van der Waals surface area contributed by atoms with Crippen LogP contribution in [-0.2, 0) is 0 Å². The van der Waals surface area contributed by atoms with E-state index in [1.807, 2.05) is 43.3 Å². The van der Waals surface area contributed by atoms with Gasteiger partial charge in [0.2, 0.25) is 0 Å². The third-order valence-electron chi connectivity index (χ3n) is 3.31. The minimum absolute atomic E-state index is 0.494. The van der Waals surface area contributed by atoms with E-state index in [2.05, 4.69) is 9.97 Å².